The number of carbonyl (C=O) groups excluding carboxylic acids is 1. The van der Waals surface area contributed by atoms with Crippen molar-refractivity contribution in [3.8, 4) is 11.5 Å². The van der Waals surface area contributed by atoms with Crippen LogP contribution in [0, 0.1) is 0 Å². The Morgan fingerprint density at radius 3 is 2.41 bits per heavy atom. The summed E-state index contributed by atoms with van der Waals surface area (Å²) < 4.78 is 11.2. The largest absolute Gasteiger partial charge is 0.469 e. The number of carbonyl (C=O) groups is 1. The van der Waals surface area contributed by atoms with Crippen LogP contribution in [0.25, 0.3) is 0 Å². The molecule has 0 aliphatic heterocycles. The lowest BCUT2D eigenvalue weighted by Gasteiger charge is -2.22. The maximum Gasteiger partial charge on any atom is 0.308 e. The van der Waals surface area contributed by atoms with Gasteiger partial charge in [0.25, 0.3) is 0 Å². The molecule has 2 aromatic carbocycles. The molecule has 1 N–H and O–H groups in total. The molecule has 0 aliphatic rings. The molecule has 0 spiro atoms. The number of halogens is 1. The smallest absolute Gasteiger partial charge is 0.308 e. The van der Waals surface area contributed by atoms with E-state index in [-0.39, 0.29) is 6.42 Å². The van der Waals surface area contributed by atoms with E-state index < -0.39 is 11.6 Å². The van der Waals surface area contributed by atoms with Crippen LogP contribution in [0.15, 0.2) is 53.0 Å². The van der Waals surface area contributed by atoms with Crippen LogP contribution in [0.4, 0.5) is 0 Å². The zero-order valence-electron chi connectivity index (χ0n) is 12.4. The zero-order valence-corrected chi connectivity index (χ0v) is 14.0. The molecular formula is C17H17BrO4. The molecule has 0 fully saturated rings. The van der Waals surface area contributed by atoms with Gasteiger partial charge in [-0.05, 0) is 52.7 Å². The minimum absolute atomic E-state index is 0.103. The summed E-state index contributed by atoms with van der Waals surface area (Å²) >= 11 is 3.42. The van der Waals surface area contributed by atoms with Crippen molar-refractivity contribution in [2.75, 3.05) is 7.11 Å². The summed E-state index contributed by atoms with van der Waals surface area (Å²) in [5.74, 6) is 0.889. The van der Waals surface area contributed by atoms with E-state index in [0.29, 0.717) is 17.1 Å². The van der Waals surface area contributed by atoms with Gasteiger partial charge in [-0.25, -0.2) is 0 Å². The molecule has 0 aliphatic carbocycles. The fourth-order valence-corrected chi connectivity index (χ4v) is 2.36. The van der Waals surface area contributed by atoms with Crippen molar-refractivity contribution >= 4 is 21.9 Å². The Morgan fingerprint density at radius 2 is 1.82 bits per heavy atom. The zero-order chi connectivity index (χ0) is 16.2. The number of methoxy groups -OCH3 is 1. The second kappa shape index (κ2) is 6.94. The Morgan fingerprint density at radius 1 is 1.18 bits per heavy atom. The van der Waals surface area contributed by atoms with Gasteiger partial charge in [0.05, 0.1) is 23.6 Å². The third-order valence-electron chi connectivity index (χ3n) is 3.26. The summed E-state index contributed by atoms with van der Waals surface area (Å²) in [4.78, 5) is 11.3. The first-order valence-corrected chi connectivity index (χ1v) is 7.54. The van der Waals surface area contributed by atoms with Gasteiger partial charge in [0.15, 0.2) is 0 Å². The molecular weight excluding hydrogens is 348 g/mol. The van der Waals surface area contributed by atoms with Gasteiger partial charge in [-0.2, -0.15) is 0 Å². The van der Waals surface area contributed by atoms with Crippen molar-refractivity contribution < 1.29 is 19.4 Å². The van der Waals surface area contributed by atoms with E-state index in [2.05, 4.69) is 20.7 Å². The van der Waals surface area contributed by atoms with E-state index in [9.17, 15) is 9.90 Å². The molecule has 22 heavy (non-hydrogen) atoms. The normalized spacial score (nSPS) is 13.3. The second-order valence-electron chi connectivity index (χ2n) is 5.08. The van der Waals surface area contributed by atoms with Crippen molar-refractivity contribution in [2.24, 2.45) is 0 Å². The second-order valence-corrected chi connectivity index (χ2v) is 5.94. The van der Waals surface area contributed by atoms with E-state index in [0.717, 1.165) is 4.47 Å². The van der Waals surface area contributed by atoms with Crippen LogP contribution < -0.4 is 4.74 Å². The van der Waals surface area contributed by atoms with E-state index in [1.54, 1.807) is 31.2 Å². The molecule has 116 valence electrons. The maximum atomic E-state index is 11.3. The van der Waals surface area contributed by atoms with Crippen molar-refractivity contribution in [3.63, 3.8) is 0 Å². The van der Waals surface area contributed by atoms with Crippen LogP contribution in [-0.2, 0) is 15.1 Å². The molecule has 1 atom stereocenters. The molecule has 5 heteroatoms. The SMILES string of the molecule is COC(=O)CC(C)(O)c1ccc(Oc2ccccc2Br)cc1. The van der Waals surface area contributed by atoms with Gasteiger partial charge in [0, 0.05) is 0 Å². The lowest BCUT2D eigenvalue weighted by atomic mass is 9.92. The Hall–Kier alpha value is -1.85. The number of hydrogen-bond acceptors (Lipinski definition) is 4. The average Bonchev–Trinajstić information content (AvgIpc) is 2.49. The highest BCUT2D eigenvalue weighted by Gasteiger charge is 2.27. The molecule has 0 saturated heterocycles. The number of esters is 1. The number of benzene rings is 2. The minimum Gasteiger partial charge on any atom is -0.469 e. The highest BCUT2D eigenvalue weighted by atomic mass is 79.9. The Bertz CT molecular complexity index is 650. The topological polar surface area (TPSA) is 55.8 Å². The summed E-state index contributed by atoms with van der Waals surface area (Å²) in [6.45, 7) is 1.58. The maximum absolute atomic E-state index is 11.3. The van der Waals surface area contributed by atoms with Gasteiger partial charge in [-0.1, -0.05) is 24.3 Å². The van der Waals surface area contributed by atoms with E-state index >= 15 is 0 Å². The Labute approximate surface area is 137 Å². The summed E-state index contributed by atoms with van der Waals surface area (Å²) in [7, 11) is 1.30. The van der Waals surface area contributed by atoms with Crippen LogP contribution in [0.3, 0.4) is 0 Å². The molecule has 4 nitrogen and oxygen atoms in total. The van der Waals surface area contributed by atoms with Gasteiger partial charge in [0.2, 0.25) is 0 Å². The first-order chi connectivity index (χ1) is 10.4. The molecule has 0 bridgehead atoms. The van der Waals surface area contributed by atoms with Crippen molar-refractivity contribution in [2.45, 2.75) is 18.9 Å². The van der Waals surface area contributed by atoms with Gasteiger partial charge in [-0.3, -0.25) is 4.79 Å². The number of aliphatic hydroxyl groups is 1. The van der Waals surface area contributed by atoms with Crippen LogP contribution in [0.1, 0.15) is 18.9 Å². The first kappa shape index (κ1) is 16.5. The summed E-state index contributed by atoms with van der Waals surface area (Å²) in [6.07, 6.45) is -0.103. The number of rotatable bonds is 5. The first-order valence-electron chi connectivity index (χ1n) is 6.74. The molecule has 2 aromatic rings. The molecule has 0 saturated carbocycles. The summed E-state index contributed by atoms with van der Waals surface area (Å²) in [5, 5.41) is 10.4. The molecule has 0 amide bonds. The third kappa shape index (κ3) is 4.08. The fraction of sp³-hybridized carbons (Fsp3) is 0.235. The standard InChI is InChI=1S/C17H17BrO4/c1-17(20,11-16(19)21-2)12-7-9-13(10-8-12)22-15-6-4-3-5-14(15)18/h3-10,20H,11H2,1-2H3. The number of hydrogen-bond donors (Lipinski definition) is 1. The predicted molar refractivity (Wildman–Crippen MR) is 86.9 cm³/mol. The lowest BCUT2D eigenvalue weighted by molar-refractivity contribution is -0.145. The van der Waals surface area contributed by atoms with Gasteiger partial charge >= 0.3 is 5.97 Å². The van der Waals surface area contributed by atoms with Gasteiger partial charge in [-0.15, -0.1) is 0 Å². The fourth-order valence-electron chi connectivity index (χ4n) is 1.99. The van der Waals surface area contributed by atoms with E-state index in [1.165, 1.54) is 7.11 Å². The molecule has 0 heterocycles. The average molecular weight is 365 g/mol. The Balaban J connectivity index is 2.13. The quantitative estimate of drug-likeness (QED) is 0.814. The van der Waals surface area contributed by atoms with Crippen LogP contribution in [0.5, 0.6) is 11.5 Å². The van der Waals surface area contributed by atoms with Gasteiger partial charge < -0.3 is 14.6 Å². The molecule has 1 unspecified atom stereocenters. The van der Waals surface area contributed by atoms with Crippen molar-refractivity contribution in [1.29, 1.82) is 0 Å². The Kier molecular flexibility index (Phi) is 5.21. The lowest BCUT2D eigenvalue weighted by Crippen LogP contribution is -2.25. The number of para-hydroxylation sites is 1. The van der Waals surface area contributed by atoms with E-state index in [4.69, 9.17) is 4.74 Å². The van der Waals surface area contributed by atoms with Crippen LogP contribution in [-0.4, -0.2) is 18.2 Å². The van der Waals surface area contributed by atoms with Crippen LogP contribution in [0.2, 0.25) is 0 Å². The van der Waals surface area contributed by atoms with Crippen molar-refractivity contribution in [1.82, 2.24) is 0 Å². The summed E-state index contributed by atoms with van der Waals surface area (Å²) in [5.41, 5.74) is -0.656. The highest BCUT2D eigenvalue weighted by Crippen LogP contribution is 2.31. The third-order valence-corrected chi connectivity index (χ3v) is 3.91. The molecule has 2 rings (SSSR count). The summed E-state index contributed by atoms with van der Waals surface area (Å²) in [6, 6.07) is 14.5. The molecule has 0 radical (unpaired) electrons. The molecule has 0 aromatic heterocycles. The van der Waals surface area contributed by atoms with E-state index in [1.807, 2.05) is 24.3 Å². The van der Waals surface area contributed by atoms with Crippen molar-refractivity contribution in [3.05, 3.63) is 58.6 Å². The van der Waals surface area contributed by atoms with Crippen LogP contribution >= 0.6 is 15.9 Å². The highest BCUT2D eigenvalue weighted by molar-refractivity contribution is 9.10. The van der Waals surface area contributed by atoms with Gasteiger partial charge in [0.1, 0.15) is 11.5 Å². The number of ether oxygens (including phenoxy) is 2. The minimum atomic E-state index is -1.28. The monoisotopic (exact) mass is 364 g/mol. The predicted octanol–water partition coefficient (Wildman–Crippen LogP) is 4.01.